The SMILES string of the molecule is Cc1c(C(=O)Oc2ccc3c(c2)OC(N)=C(C#N)C3c2cccc(Cl)c2)oc2ccc(Cl)cc12. The maximum Gasteiger partial charge on any atom is 0.379 e. The van der Waals surface area contributed by atoms with Gasteiger partial charge in [-0.25, -0.2) is 4.79 Å². The third-order valence-electron chi connectivity index (χ3n) is 5.67. The highest BCUT2D eigenvalue weighted by atomic mass is 35.5. The lowest BCUT2D eigenvalue weighted by Crippen LogP contribution is -2.21. The summed E-state index contributed by atoms with van der Waals surface area (Å²) >= 11 is 12.2. The van der Waals surface area contributed by atoms with Crippen molar-refractivity contribution in [2.75, 3.05) is 0 Å². The Hall–Kier alpha value is -3.92. The number of benzene rings is 3. The van der Waals surface area contributed by atoms with Gasteiger partial charge in [0.1, 0.15) is 28.7 Å². The van der Waals surface area contributed by atoms with E-state index in [1.165, 1.54) is 0 Å². The van der Waals surface area contributed by atoms with Crippen LogP contribution in [0.15, 0.2) is 76.5 Å². The van der Waals surface area contributed by atoms with Crippen molar-refractivity contribution in [1.29, 1.82) is 5.26 Å². The van der Waals surface area contributed by atoms with Crippen molar-refractivity contribution >= 4 is 40.1 Å². The number of carbonyl (C=O) groups excluding carboxylic acids is 1. The molecule has 0 aliphatic carbocycles. The molecule has 6 nitrogen and oxygen atoms in total. The molecule has 1 aliphatic heterocycles. The van der Waals surface area contributed by atoms with Gasteiger partial charge < -0.3 is 19.6 Å². The van der Waals surface area contributed by atoms with Crippen LogP contribution in [0.4, 0.5) is 0 Å². The van der Waals surface area contributed by atoms with Crippen LogP contribution >= 0.6 is 23.2 Å². The van der Waals surface area contributed by atoms with Gasteiger partial charge in [-0.05, 0) is 48.9 Å². The molecule has 0 spiro atoms. The van der Waals surface area contributed by atoms with E-state index in [9.17, 15) is 10.1 Å². The molecule has 0 fully saturated rings. The number of ether oxygens (including phenoxy) is 2. The molecule has 168 valence electrons. The van der Waals surface area contributed by atoms with Crippen LogP contribution in [-0.2, 0) is 0 Å². The molecule has 1 aliphatic rings. The summed E-state index contributed by atoms with van der Waals surface area (Å²) in [6.45, 7) is 1.76. The van der Waals surface area contributed by atoms with Crippen LogP contribution in [0.25, 0.3) is 11.0 Å². The molecule has 2 N–H and O–H groups in total. The normalized spacial score (nSPS) is 14.9. The van der Waals surface area contributed by atoms with Crippen LogP contribution in [0.3, 0.4) is 0 Å². The smallest absolute Gasteiger partial charge is 0.379 e. The Kier molecular flexibility index (Phi) is 5.45. The van der Waals surface area contributed by atoms with E-state index in [-0.39, 0.29) is 23.0 Å². The number of carbonyl (C=O) groups is 1. The summed E-state index contributed by atoms with van der Waals surface area (Å²) in [5, 5.41) is 11.5. The van der Waals surface area contributed by atoms with E-state index in [1.807, 2.05) is 6.07 Å². The van der Waals surface area contributed by atoms with Crippen molar-refractivity contribution in [3.05, 3.63) is 105 Å². The zero-order valence-electron chi connectivity index (χ0n) is 17.8. The Morgan fingerprint density at radius 1 is 1.09 bits per heavy atom. The fourth-order valence-corrected chi connectivity index (χ4v) is 4.44. The molecule has 8 heteroatoms. The fraction of sp³-hybridized carbons (Fsp3) is 0.0769. The molecule has 0 saturated carbocycles. The van der Waals surface area contributed by atoms with Gasteiger partial charge in [-0.2, -0.15) is 5.26 Å². The van der Waals surface area contributed by atoms with E-state index in [1.54, 1.807) is 61.5 Å². The molecule has 0 amide bonds. The molecule has 1 aromatic heterocycles. The number of esters is 1. The van der Waals surface area contributed by atoms with Crippen molar-refractivity contribution in [2.24, 2.45) is 5.73 Å². The van der Waals surface area contributed by atoms with Crippen LogP contribution < -0.4 is 15.2 Å². The number of hydrogen-bond donors (Lipinski definition) is 1. The molecule has 1 unspecified atom stereocenters. The van der Waals surface area contributed by atoms with E-state index in [0.29, 0.717) is 32.5 Å². The molecule has 0 radical (unpaired) electrons. The monoisotopic (exact) mass is 490 g/mol. The summed E-state index contributed by atoms with van der Waals surface area (Å²) in [6.07, 6.45) is 0. The van der Waals surface area contributed by atoms with Crippen LogP contribution in [0.2, 0.25) is 10.0 Å². The molecule has 4 aromatic rings. The molecule has 3 aromatic carbocycles. The number of allylic oxidation sites excluding steroid dienone is 1. The van der Waals surface area contributed by atoms with Crippen LogP contribution in [0, 0.1) is 18.3 Å². The topological polar surface area (TPSA) is 98.5 Å². The van der Waals surface area contributed by atoms with E-state index in [4.69, 9.17) is 42.8 Å². The summed E-state index contributed by atoms with van der Waals surface area (Å²) in [5.41, 5.74) is 8.98. The maximum absolute atomic E-state index is 12.9. The summed E-state index contributed by atoms with van der Waals surface area (Å²) in [4.78, 5) is 12.9. The van der Waals surface area contributed by atoms with E-state index < -0.39 is 11.9 Å². The number of furan rings is 1. The van der Waals surface area contributed by atoms with Crippen LogP contribution in [-0.4, -0.2) is 5.97 Å². The molecular formula is C26H16Cl2N2O4. The predicted octanol–water partition coefficient (Wildman–Crippen LogP) is 6.49. The largest absolute Gasteiger partial charge is 0.449 e. The average Bonchev–Trinajstić information content (AvgIpc) is 3.14. The van der Waals surface area contributed by atoms with Gasteiger partial charge in [0.15, 0.2) is 0 Å². The van der Waals surface area contributed by atoms with Gasteiger partial charge in [0.2, 0.25) is 11.6 Å². The minimum atomic E-state index is -0.659. The second-order valence-electron chi connectivity index (χ2n) is 7.77. The minimum Gasteiger partial charge on any atom is -0.449 e. The number of fused-ring (bicyclic) bond motifs is 2. The van der Waals surface area contributed by atoms with Crippen molar-refractivity contribution in [3.63, 3.8) is 0 Å². The molecule has 0 saturated heterocycles. The van der Waals surface area contributed by atoms with Gasteiger partial charge >= 0.3 is 5.97 Å². The Bertz CT molecular complexity index is 1550. The first-order valence-corrected chi connectivity index (χ1v) is 11.0. The zero-order valence-corrected chi connectivity index (χ0v) is 19.3. The molecule has 1 atom stereocenters. The van der Waals surface area contributed by atoms with Crippen molar-refractivity contribution in [1.82, 2.24) is 0 Å². The molecular weight excluding hydrogens is 475 g/mol. The average molecular weight is 491 g/mol. The van der Waals surface area contributed by atoms with Crippen molar-refractivity contribution in [2.45, 2.75) is 12.8 Å². The third-order valence-corrected chi connectivity index (χ3v) is 6.14. The van der Waals surface area contributed by atoms with Crippen molar-refractivity contribution in [3.8, 4) is 17.6 Å². The van der Waals surface area contributed by atoms with Gasteiger partial charge in [-0.3, -0.25) is 0 Å². The zero-order chi connectivity index (χ0) is 24.0. The first-order valence-electron chi connectivity index (χ1n) is 10.2. The maximum atomic E-state index is 12.9. The van der Waals surface area contributed by atoms with E-state index in [0.717, 1.165) is 10.9 Å². The minimum absolute atomic E-state index is 0.0199. The fourth-order valence-electron chi connectivity index (χ4n) is 4.07. The standard InChI is InChI=1S/C26H16Cl2N2O4/c1-13-19-10-16(28)5-8-21(19)33-24(13)26(31)32-17-6-7-18-22(11-17)34-25(30)20(12-29)23(18)14-3-2-4-15(27)9-14/h2-11,23H,30H2,1H3. The summed E-state index contributed by atoms with van der Waals surface area (Å²) in [6, 6.07) is 19.4. The highest BCUT2D eigenvalue weighted by molar-refractivity contribution is 6.31. The highest BCUT2D eigenvalue weighted by Gasteiger charge is 2.31. The molecule has 34 heavy (non-hydrogen) atoms. The Morgan fingerprint density at radius 2 is 1.88 bits per heavy atom. The van der Waals surface area contributed by atoms with E-state index in [2.05, 4.69) is 6.07 Å². The number of rotatable bonds is 3. The van der Waals surface area contributed by atoms with Gasteiger partial charge in [0.05, 0.1) is 5.92 Å². The quantitative estimate of drug-likeness (QED) is 0.260. The first kappa shape index (κ1) is 21.9. The second kappa shape index (κ2) is 8.45. The third kappa shape index (κ3) is 3.75. The summed E-state index contributed by atoms with van der Waals surface area (Å²) in [5.74, 6) is -0.459. The van der Waals surface area contributed by atoms with Crippen molar-refractivity contribution < 1.29 is 18.7 Å². The number of nitriles is 1. The lowest BCUT2D eigenvalue weighted by atomic mass is 9.83. The lowest BCUT2D eigenvalue weighted by Gasteiger charge is -2.26. The molecule has 5 rings (SSSR count). The number of hydrogen-bond acceptors (Lipinski definition) is 6. The van der Waals surface area contributed by atoms with Gasteiger partial charge in [-0.15, -0.1) is 0 Å². The van der Waals surface area contributed by atoms with Gasteiger partial charge in [0, 0.05) is 32.6 Å². The number of nitrogens with zero attached hydrogens (tertiary/aromatic N) is 1. The van der Waals surface area contributed by atoms with Crippen LogP contribution in [0.5, 0.6) is 11.5 Å². The number of aryl methyl sites for hydroxylation is 1. The number of nitrogens with two attached hydrogens (primary N) is 1. The molecule has 0 bridgehead atoms. The molecule has 2 heterocycles. The van der Waals surface area contributed by atoms with Gasteiger partial charge in [0.25, 0.3) is 0 Å². The second-order valence-corrected chi connectivity index (χ2v) is 8.64. The summed E-state index contributed by atoms with van der Waals surface area (Å²) in [7, 11) is 0. The Balaban J connectivity index is 1.50. The Morgan fingerprint density at radius 3 is 2.65 bits per heavy atom. The van der Waals surface area contributed by atoms with E-state index >= 15 is 0 Å². The highest BCUT2D eigenvalue weighted by Crippen LogP contribution is 2.44. The first-order chi connectivity index (χ1) is 16.4. The summed E-state index contributed by atoms with van der Waals surface area (Å²) < 4.78 is 17.0. The predicted molar refractivity (Wildman–Crippen MR) is 128 cm³/mol. The van der Waals surface area contributed by atoms with Gasteiger partial charge in [-0.1, -0.05) is 41.4 Å². The Labute approximate surface area is 204 Å². The lowest BCUT2D eigenvalue weighted by molar-refractivity contribution is 0.0702. The number of halogens is 2. The van der Waals surface area contributed by atoms with Crippen LogP contribution in [0.1, 0.15) is 33.2 Å².